The Morgan fingerprint density at radius 2 is 1.96 bits per heavy atom. The normalized spacial score (nSPS) is 15.1. The second-order valence-corrected chi connectivity index (χ2v) is 6.35. The minimum Gasteiger partial charge on any atom is -0.494 e. The predicted octanol–water partition coefficient (Wildman–Crippen LogP) is 4.45. The molecule has 3 rings (SSSR count). The first kappa shape index (κ1) is 18.1. The molecule has 5 nitrogen and oxygen atoms in total. The molecular weight excluding hydrogens is 330 g/mol. The van der Waals surface area contributed by atoms with Crippen LogP contribution in [0.25, 0.3) is 0 Å². The summed E-state index contributed by atoms with van der Waals surface area (Å²) in [6, 6.07) is 10.9. The lowest BCUT2D eigenvalue weighted by Crippen LogP contribution is -2.13. The maximum Gasteiger partial charge on any atom is 0.255 e. The molecule has 0 saturated carbocycles. The van der Waals surface area contributed by atoms with Crippen LogP contribution in [0, 0.1) is 0 Å². The van der Waals surface area contributed by atoms with E-state index in [1.807, 2.05) is 38.1 Å². The van der Waals surface area contributed by atoms with Gasteiger partial charge in [-0.3, -0.25) is 4.79 Å². The Morgan fingerprint density at radius 3 is 2.65 bits per heavy atom. The second-order valence-electron chi connectivity index (χ2n) is 6.35. The molecule has 2 aromatic carbocycles. The van der Waals surface area contributed by atoms with Gasteiger partial charge in [-0.15, -0.1) is 0 Å². The minimum absolute atomic E-state index is 0.140. The Labute approximate surface area is 154 Å². The van der Waals surface area contributed by atoms with E-state index in [4.69, 9.17) is 14.2 Å². The van der Waals surface area contributed by atoms with Crippen LogP contribution < -0.4 is 19.5 Å². The highest BCUT2D eigenvalue weighted by atomic mass is 16.5. The Hall–Kier alpha value is -2.69. The van der Waals surface area contributed by atoms with E-state index in [-0.39, 0.29) is 12.0 Å². The maximum absolute atomic E-state index is 12.6. The summed E-state index contributed by atoms with van der Waals surface area (Å²) >= 11 is 0. The van der Waals surface area contributed by atoms with Crippen molar-refractivity contribution in [1.29, 1.82) is 0 Å². The van der Waals surface area contributed by atoms with Crippen molar-refractivity contribution < 1.29 is 19.0 Å². The minimum atomic E-state index is -0.195. The number of hydrogen-bond acceptors (Lipinski definition) is 4. The predicted molar refractivity (Wildman–Crippen MR) is 102 cm³/mol. The van der Waals surface area contributed by atoms with Crippen LogP contribution in [-0.2, 0) is 6.42 Å². The van der Waals surface area contributed by atoms with Gasteiger partial charge >= 0.3 is 0 Å². The van der Waals surface area contributed by atoms with Gasteiger partial charge in [0.05, 0.1) is 18.9 Å². The van der Waals surface area contributed by atoms with Crippen molar-refractivity contribution in [3.05, 3.63) is 47.5 Å². The van der Waals surface area contributed by atoms with Gasteiger partial charge in [-0.25, -0.2) is 0 Å². The molecule has 0 radical (unpaired) electrons. The third-order valence-electron chi connectivity index (χ3n) is 4.14. The van der Waals surface area contributed by atoms with Gasteiger partial charge in [-0.1, -0.05) is 6.92 Å². The quantitative estimate of drug-likeness (QED) is 0.797. The van der Waals surface area contributed by atoms with E-state index in [9.17, 15) is 4.79 Å². The number of carbonyl (C=O) groups is 1. The lowest BCUT2D eigenvalue weighted by Gasteiger charge is -2.14. The average Bonchev–Trinajstić information content (AvgIpc) is 2.99. The number of ether oxygens (including phenoxy) is 3. The number of amides is 1. The first-order chi connectivity index (χ1) is 12.6. The molecule has 5 heteroatoms. The van der Waals surface area contributed by atoms with Crippen molar-refractivity contribution in [3.63, 3.8) is 0 Å². The van der Waals surface area contributed by atoms with E-state index in [2.05, 4.69) is 12.2 Å². The molecule has 0 unspecified atom stereocenters. The molecule has 0 spiro atoms. The fourth-order valence-corrected chi connectivity index (χ4v) is 2.93. The van der Waals surface area contributed by atoms with Gasteiger partial charge in [-0.05, 0) is 50.6 Å². The molecular formula is C21H25NO4. The van der Waals surface area contributed by atoms with E-state index < -0.39 is 0 Å². The number of anilines is 1. The van der Waals surface area contributed by atoms with Gasteiger partial charge < -0.3 is 19.5 Å². The first-order valence-corrected chi connectivity index (χ1v) is 9.11. The number of hydrogen-bond donors (Lipinski definition) is 1. The summed E-state index contributed by atoms with van der Waals surface area (Å²) in [5.74, 6) is 2.04. The zero-order chi connectivity index (χ0) is 18.5. The molecule has 2 aromatic rings. The van der Waals surface area contributed by atoms with E-state index in [1.165, 1.54) is 0 Å². The average molecular weight is 355 g/mol. The van der Waals surface area contributed by atoms with Crippen molar-refractivity contribution in [1.82, 2.24) is 0 Å². The largest absolute Gasteiger partial charge is 0.494 e. The molecule has 26 heavy (non-hydrogen) atoms. The summed E-state index contributed by atoms with van der Waals surface area (Å²) in [6.07, 6.45) is 1.94. The van der Waals surface area contributed by atoms with Crippen LogP contribution in [0.2, 0.25) is 0 Å². The summed E-state index contributed by atoms with van der Waals surface area (Å²) in [4.78, 5) is 12.6. The SMILES string of the molecule is CCCOc1ccc(C(=O)Nc2cc3c(cc2OCC)C[C@@H](C)O3)cc1. The zero-order valence-corrected chi connectivity index (χ0v) is 15.5. The monoisotopic (exact) mass is 355 g/mol. The van der Waals surface area contributed by atoms with Crippen LogP contribution in [0.4, 0.5) is 5.69 Å². The van der Waals surface area contributed by atoms with Crippen LogP contribution in [-0.4, -0.2) is 25.2 Å². The van der Waals surface area contributed by atoms with Crippen LogP contribution in [0.3, 0.4) is 0 Å². The van der Waals surface area contributed by atoms with Crippen LogP contribution in [0.15, 0.2) is 36.4 Å². The van der Waals surface area contributed by atoms with Crippen LogP contribution in [0.5, 0.6) is 17.2 Å². The van der Waals surface area contributed by atoms with Gasteiger partial charge in [0.25, 0.3) is 5.91 Å². The molecule has 0 aliphatic carbocycles. The third kappa shape index (κ3) is 4.10. The third-order valence-corrected chi connectivity index (χ3v) is 4.14. The molecule has 1 aliphatic rings. The van der Waals surface area contributed by atoms with E-state index in [1.54, 1.807) is 12.1 Å². The smallest absolute Gasteiger partial charge is 0.255 e. The van der Waals surface area contributed by atoms with Gasteiger partial charge in [0, 0.05) is 23.6 Å². The molecule has 0 saturated heterocycles. The zero-order valence-electron chi connectivity index (χ0n) is 15.5. The Morgan fingerprint density at radius 1 is 1.19 bits per heavy atom. The fraction of sp³-hybridized carbons (Fsp3) is 0.381. The number of rotatable bonds is 7. The molecule has 0 aromatic heterocycles. The standard InChI is InChI=1S/C21H25NO4/c1-4-10-25-17-8-6-15(7-9-17)21(23)22-18-13-19-16(11-14(3)26-19)12-20(18)24-5-2/h6-9,12-14H,4-5,10-11H2,1-3H3,(H,22,23)/t14-/m1/s1. The molecule has 138 valence electrons. The Bertz CT molecular complexity index is 770. The summed E-state index contributed by atoms with van der Waals surface area (Å²) < 4.78 is 17.1. The lowest BCUT2D eigenvalue weighted by molar-refractivity contribution is 0.102. The van der Waals surface area contributed by atoms with Gasteiger partial charge in [-0.2, -0.15) is 0 Å². The molecule has 1 heterocycles. The Kier molecular flexibility index (Phi) is 5.66. The van der Waals surface area contributed by atoms with Crippen molar-refractivity contribution in [2.45, 2.75) is 39.7 Å². The number of carbonyl (C=O) groups excluding carboxylic acids is 1. The number of fused-ring (bicyclic) bond motifs is 1. The van der Waals surface area contributed by atoms with Crippen molar-refractivity contribution >= 4 is 11.6 Å². The highest BCUT2D eigenvalue weighted by Gasteiger charge is 2.22. The van der Waals surface area contributed by atoms with E-state index >= 15 is 0 Å². The van der Waals surface area contributed by atoms with Crippen LogP contribution in [0.1, 0.15) is 43.1 Å². The summed E-state index contributed by atoms with van der Waals surface area (Å²) in [5.41, 5.74) is 2.29. The Balaban J connectivity index is 1.77. The van der Waals surface area contributed by atoms with Crippen molar-refractivity contribution in [2.24, 2.45) is 0 Å². The summed E-state index contributed by atoms with van der Waals surface area (Å²) in [6.45, 7) is 7.20. The molecule has 1 N–H and O–H groups in total. The molecule has 0 fully saturated rings. The fourth-order valence-electron chi connectivity index (χ4n) is 2.93. The highest BCUT2D eigenvalue weighted by Crippen LogP contribution is 2.38. The van der Waals surface area contributed by atoms with Crippen molar-refractivity contribution in [2.75, 3.05) is 18.5 Å². The number of benzene rings is 2. The summed E-state index contributed by atoms with van der Waals surface area (Å²) in [7, 11) is 0. The highest BCUT2D eigenvalue weighted by molar-refractivity contribution is 6.05. The molecule has 0 bridgehead atoms. The lowest BCUT2D eigenvalue weighted by atomic mass is 10.1. The van der Waals surface area contributed by atoms with Gasteiger partial charge in [0.15, 0.2) is 0 Å². The second kappa shape index (κ2) is 8.13. The maximum atomic E-state index is 12.6. The van der Waals surface area contributed by atoms with Gasteiger partial charge in [0.2, 0.25) is 0 Å². The molecule has 1 atom stereocenters. The van der Waals surface area contributed by atoms with Gasteiger partial charge in [0.1, 0.15) is 23.4 Å². The first-order valence-electron chi connectivity index (χ1n) is 9.11. The molecule has 1 aliphatic heterocycles. The van der Waals surface area contributed by atoms with Crippen LogP contribution >= 0.6 is 0 Å². The van der Waals surface area contributed by atoms with E-state index in [0.717, 1.165) is 29.9 Å². The topological polar surface area (TPSA) is 56.8 Å². The van der Waals surface area contributed by atoms with E-state index in [0.29, 0.717) is 30.2 Å². The summed E-state index contributed by atoms with van der Waals surface area (Å²) in [5, 5.41) is 2.93. The number of nitrogens with one attached hydrogen (secondary N) is 1. The van der Waals surface area contributed by atoms with Crippen molar-refractivity contribution in [3.8, 4) is 17.2 Å². The molecule has 1 amide bonds.